The molecule has 23 heavy (non-hydrogen) atoms. The molecular formula is C14H12N2O5S2. The van der Waals surface area contributed by atoms with Crippen LogP contribution in [0.5, 0.6) is 0 Å². The molecule has 2 rings (SSSR count). The van der Waals surface area contributed by atoms with Crippen molar-refractivity contribution in [3.05, 3.63) is 67.8 Å². The number of rotatable bonds is 6. The first-order chi connectivity index (χ1) is 10.9. The summed E-state index contributed by atoms with van der Waals surface area (Å²) in [4.78, 5) is 22.0. The maximum atomic E-state index is 10.7. The number of hydrogen-bond acceptors (Lipinski definition) is 7. The van der Waals surface area contributed by atoms with Crippen molar-refractivity contribution >= 4 is 35.5 Å². The Morgan fingerprint density at radius 1 is 0.826 bits per heavy atom. The standard InChI is InChI=1S/C14H12N2O5S2/c1-9-7-11(15(17)18)3-5-13(9)22-21-23-14-6-4-12(16(19)20)8-10(14)2/h3-8H,1-2H3. The zero-order valence-electron chi connectivity index (χ0n) is 12.2. The van der Waals surface area contributed by atoms with Gasteiger partial charge in [0.2, 0.25) is 0 Å². The molecule has 0 aliphatic carbocycles. The fraction of sp³-hybridized carbons (Fsp3) is 0.143. The van der Waals surface area contributed by atoms with E-state index in [-0.39, 0.29) is 11.4 Å². The van der Waals surface area contributed by atoms with E-state index in [9.17, 15) is 20.2 Å². The Morgan fingerprint density at radius 3 is 1.52 bits per heavy atom. The summed E-state index contributed by atoms with van der Waals surface area (Å²) in [6.45, 7) is 3.53. The van der Waals surface area contributed by atoms with E-state index in [1.807, 2.05) is 0 Å². The fourth-order valence-electron chi connectivity index (χ4n) is 1.77. The van der Waals surface area contributed by atoms with Gasteiger partial charge in [-0.2, -0.15) is 0 Å². The number of nitrogens with zero attached hydrogens (tertiary/aromatic N) is 2. The van der Waals surface area contributed by atoms with Gasteiger partial charge in [-0.3, -0.25) is 20.2 Å². The van der Waals surface area contributed by atoms with Crippen LogP contribution in [0.15, 0.2) is 46.2 Å². The maximum absolute atomic E-state index is 10.7. The monoisotopic (exact) mass is 352 g/mol. The van der Waals surface area contributed by atoms with Crippen LogP contribution in [0, 0.1) is 34.1 Å². The van der Waals surface area contributed by atoms with Gasteiger partial charge < -0.3 is 0 Å². The third-order valence-corrected chi connectivity index (χ3v) is 4.81. The zero-order valence-corrected chi connectivity index (χ0v) is 13.8. The van der Waals surface area contributed by atoms with Crippen LogP contribution in [0.2, 0.25) is 0 Å². The first kappa shape index (κ1) is 17.3. The highest BCUT2D eigenvalue weighted by atomic mass is 32.2. The van der Waals surface area contributed by atoms with Gasteiger partial charge in [-0.15, -0.1) is 0 Å². The molecule has 0 saturated carbocycles. The molecular weight excluding hydrogens is 340 g/mol. The Labute approximate surface area is 140 Å². The van der Waals surface area contributed by atoms with E-state index >= 15 is 0 Å². The topological polar surface area (TPSA) is 95.5 Å². The molecule has 0 aliphatic heterocycles. The molecule has 0 aliphatic rings. The Bertz CT molecular complexity index is 703. The van der Waals surface area contributed by atoms with Crippen molar-refractivity contribution in [2.75, 3.05) is 0 Å². The third kappa shape index (κ3) is 4.44. The molecule has 7 nitrogen and oxygen atoms in total. The van der Waals surface area contributed by atoms with Crippen molar-refractivity contribution in [3.63, 3.8) is 0 Å². The fourth-order valence-corrected chi connectivity index (χ4v) is 3.12. The lowest BCUT2D eigenvalue weighted by molar-refractivity contribution is -0.385. The molecule has 0 radical (unpaired) electrons. The van der Waals surface area contributed by atoms with Crippen molar-refractivity contribution in [1.82, 2.24) is 0 Å². The Balaban J connectivity index is 2.00. The van der Waals surface area contributed by atoms with E-state index in [4.69, 9.17) is 3.63 Å². The molecule has 0 spiro atoms. The highest BCUT2D eigenvalue weighted by Crippen LogP contribution is 2.34. The van der Waals surface area contributed by atoms with Gasteiger partial charge in [-0.1, -0.05) is 0 Å². The SMILES string of the molecule is Cc1cc([N+](=O)[O-])ccc1SOSc1ccc([N+](=O)[O-])cc1C. The number of nitro benzene ring substituents is 2. The first-order valence-electron chi connectivity index (χ1n) is 6.40. The summed E-state index contributed by atoms with van der Waals surface area (Å²) < 4.78 is 5.46. The molecule has 0 aromatic heterocycles. The second kappa shape index (κ2) is 7.44. The molecule has 0 amide bonds. The highest BCUT2D eigenvalue weighted by Gasteiger charge is 2.11. The summed E-state index contributed by atoms with van der Waals surface area (Å²) >= 11 is 2.18. The van der Waals surface area contributed by atoms with Crippen LogP contribution >= 0.6 is 24.1 Å². The van der Waals surface area contributed by atoms with Crippen LogP contribution in [-0.4, -0.2) is 9.85 Å². The number of aryl methyl sites for hydroxylation is 2. The second-order valence-corrected chi connectivity index (χ2v) is 6.41. The normalized spacial score (nSPS) is 10.5. The molecule has 0 fully saturated rings. The van der Waals surface area contributed by atoms with Crippen molar-refractivity contribution in [3.8, 4) is 0 Å². The van der Waals surface area contributed by atoms with Crippen molar-refractivity contribution < 1.29 is 13.5 Å². The molecule has 0 heterocycles. The summed E-state index contributed by atoms with van der Waals surface area (Å²) in [6, 6.07) is 9.05. The van der Waals surface area contributed by atoms with E-state index in [1.165, 1.54) is 24.3 Å². The van der Waals surface area contributed by atoms with E-state index in [2.05, 4.69) is 0 Å². The second-order valence-electron chi connectivity index (χ2n) is 4.65. The average Bonchev–Trinajstić information content (AvgIpc) is 2.49. The Hall–Kier alpha value is -2.10. The predicted octanol–water partition coefficient (Wildman–Crippen LogP) is 4.85. The first-order valence-corrected chi connectivity index (χ1v) is 7.88. The average molecular weight is 352 g/mol. The van der Waals surface area contributed by atoms with E-state index in [0.717, 1.165) is 45.0 Å². The van der Waals surface area contributed by atoms with Crippen LogP contribution in [0.1, 0.15) is 11.1 Å². The van der Waals surface area contributed by atoms with Crippen molar-refractivity contribution in [2.24, 2.45) is 0 Å². The van der Waals surface area contributed by atoms with E-state index in [0.29, 0.717) is 0 Å². The van der Waals surface area contributed by atoms with Crippen LogP contribution in [0.25, 0.3) is 0 Å². The van der Waals surface area contributed by atoms with Gasteiger partial charge in [0.05, 0.1) is 9.85 Å². The molecule has 0 bridgehead atoms. The number of non-ortho nitro benzene ring substituents is 2. The van der Waals surface area contributed by atoms with Crippen molar-refractivity contribution in [1.29, 1.82) is 0 Å². The van der Waals surface area contributed by atoms with Gasteiger partial charge in [-0.25, -0.2) is 3.63 Å². The maximum Gasteiger partial charge on any atom is 0.269 e. The number of benzene rings is 2. The Morgan fingerprint density at radius 2 is 1.22 bits per heavy atom. The van der Waals surface area contributed by atoms with Crippen molar-refractivity contribution in [2.45, 2.75) is 23.6 Å². The third-order valence-electron chi connectivity index (χ3n) is 2.99. The van der Waals surface area contributed by atoms with Gasteiger partial charge >= 0.3 is 0 Å². The zero-order chi connectivity index (χ0) is 17.0. The highest BCUT2D eigenvalue weighted by molar-refractivity contribution is 8.08. The smallest absolute Gasteiger partial charge is 0.258 e. The van der Waals surface area contributed by atoms with E-state index in [1.54, 1.807) is 26.0 Å². The lowest BCUT2D eigenvalue weighted by atomic mass is 10.2. The quantitative estimate of drug-likeness (QED) is 0.416. The van der Waals surface area contributed by atoms with E-state index < -0.39 is 9.85 Å². The van der Waals surface area contributed by atoms with Crippen LogP contribution < -0.4 is 0 Å². The summed E-state index contributed by atoms with van der Waals surface area (Å²) in [5, 5.41) is 21.4. The summed E-state index contributed by atoms with van der Waals surface area (Å²) in [6.07, 6.45) is 0. The Kier molecular flexibility index (Phi) is 5.59. The summed E-state index contributed by atoms with van der Waals surface area (Å²) in [5.41, 5.74) is 1.55. The van der Waals surface area contributed by atoms with Crippen LogP contribution in [0.4, 0.5) is 11.4 Å². The molecule has 0 atom stereocenters. The molecule has 0 saturated heterocycles. The minimum Gasteiger partial charge on any atom is -0.258 e. The predicted molar refractivity (Wildman–Crippen MR) is 88.5 cm³/mol. The summed E-state index contributed by atoms with van der Waals surface area (Å²) in [7, 11) is 0. The largest absolute Gasteiger partial charge is 0.269 e. The van der Waals surface area contributed by atoms with Gasteiger partial charge in [0.15, 0.2) is 0 Å². The lowest BCUT2D eigenvalue weighted by Gasteiger charge is -2.06. The molecule has 9 heteroatoms. The summed E-state index contributed by atoms with van der Waals surface area (Å²) in [5.74, 6) is 0. The van der Waals surface area contributed by atoms with Crippen LogP contribution in [0.3, 0.4) is 0 Å². The number of nitro groups is 2. The minimum absolute atomic E-state index is 0.0331. The lowest BCUT2D eigenvalue weighted by Crippen LogP contribution is -1.90. The molecule has 2 aromatic rings. The minimum atomic E-state index is -0.447. The molecule has 0 unspecified atom stereocenters. The van der Waals surface area contributed by atoms with Gasteiger partial charge in [0.1, 0.15) is 0 Å². The number of hydrogen-bond donors (Lipinski definition) is 0. The molecule has 0 N–H and O–H groups in total. The van der Waals surface area contributed by atoms with Gasteiger partial charge in [-0.05, 0) is 37.1 Å². The molecule has 2 aromatic carbocycles. The van der Waals surface area contributed by atoms with Gasteiger partial charge in [0.25, 0.3) is 11.4 Å². The van der Waals surface area contributed by atoms with Crippen LogP contribution in [-0.2, 0) is 3.63 Å². The molecule has 120 valence electrons. The van der Waals surface area contributed by atoms with Gasteiger partial charge in [0, 0.05) is 58.1 Å².